The standard InChI is InChI=1S/C11H13F3N2O4S/c1-21(19,20)15-6-9(16-10(17)18)7-3-2-4-8(5-7)11(12,13)14/h2-5,9,15-16H,6H2,1H3,(H,17,18). The van der Waals surface area contributed by atoms with E-state index in [1.807, 2.05) is 10.0 Å². The lowest BCUT2D eigenvalue weighted by atomic mass is 10.0. The molecular weight excluding hydrogens is 313 g/mol. The Hall–Kier alpha value is -1.81. The topological polar surface area (TPSA) is 95.5 Å². The minimum absolute atomic E-state index is 0.00313. The van der Waals surface area contributed by atoms with Crippen LogP contribution in [0.1, 0.15) is 17.2 Å². The lowest BCUT2D eigenvalue weighted by molar-refractivity contribution is -0.137. The normalized spacial score (nSPS) is 13.7. The number of halogens is 3. The third kappa shape index (κ3) is 6.00. The number of benzene rings is 1. The second-order valence-corrected chi connectivity index (χ2v) is 6.08. The van der Waals surface area contributed by atoms with Crippen LogP contribution in [0.25, 0.3) is 0 Å². The van der Waals surface area contributed by atoms with E-state index in [-0.39, 0.29) is 5.56 Å². The Balaban J connectivity index is 3.05. The van der Waals surface area contributed by atoms with Crippen LogP contribution in [0.5, 0.6) is 0 Å². The number of alkyl halides is 3. The van der Waals surface area contributed by atoms with E-state index in [1.54, 1.807) is 0 Å². The zero-order valence-electron chi connectivity index (χ0n) is 10.8. The molecule has 1 aromatic rings. The van der Waals surface area contributed by atoms with Gasteiger partial charge in [0.15, 0.2) is 0 Å². The minimum Gasteiger partial charge on any atom is -0.465 e. The first kappa shape index (κ1) is 17.2. The van der Waals surface area contributed by atoms with Gasteiger partial charge >= 0.3 is 12.3 Å². The number of rotatable bonds is 5. The fraction of sp³-hybridized carbons (Fsp3) is 0.364. The number of hydrogen-bond acceptors (Lipinski definition) is 3. The van der Waals surface area contributed by atoms with Gasteiger partial charge in [-0.15, -0.1) is 0 Å². The van der Waals surface area contributed by atoms with Crippen LogP contribution in [0.15, 0.2) is 24.3 Å². The van der Waals surface area contributed by atoms with Gasteiger partial charge in [-0.05, 0) is 17.7 Å². The number of nitrogens with one attached hydrogen (secondary N) is 2. The number of carbonyl (C=O) groups is 1. The molecule has 1 amide bonds. The lowest BCUT2D eigenvalue weighted by Gasteiger charge is -2.18. The molecule has 0 saturated carbocycles. The highest BCUT2D eigenvalue weighted by Crippen LogP contribution is 2.30. The molecule has 1 atom stereocenters. The van der Waals surface area contributed by atoms with E-state index in [2.05, 4.69) is 0 Å². The van der Waals surface area contributed by atoms with Gasteiger partial charge in [0.25, 0.3) is 0 Å². The third-order valence-electron chi connectivity index (χ3n) is 2.46. The van der Waals surface area contributed by atoms with Crippen LogP contribution >= 0.6 is 0 Å². The van der Waals surface area contributed by atoms with Gasteiger partial charge in [0.1, 0.15) is 0 Å². The Kier molecular flexibility index (Phi) is 5.18. The molecule has 0 aliphatic heterocycles. The largest absolute Gasteiger partial charge is 0.465 e. The quantitative estimate of drug-likeness (QED) is 0.765. The van der Waals surface area contributed by atoms with Crippen molar-refractivity contribution in [3.8, 4) is 0 Å². The average Bonchev–Trinajstić information content (AvgIpc) is 2.32. The molecule has 0 saturated heterocycles. The third-order valence-corrected chi connectivity index (χ3v) is 3.15. The van der Waals surface area contributed by atoms with Crippen molar-refractivity contribution in [2.45, 2.75) is 12.2 Å². The molecule has 0 aliphatic carbocycles. The molecule has 6 nitrogen and oxygen atoms in total. The number of sulfonamides is 1. The maximum atomic E-state index is 12.6. The van der Waals surface area contributed by atoms with E-state index in [1.165, 1.54) is 6.07 Å². The zero-order valence-corrected chi connectivity index (χ0v) is 11.6. The number of amides is 1. The summed E-state index contributed by atoms with van der Waals surface area (Å²) in [5.41, 5.74) is -0.945. The summed E-state index contributed by atoms with van der Waals surface area (Å²) in [6, 6.07) is 2.87. The van der Waals surface area contributed by atoms with E-state index >= 15 is 0 Å². The van der Waals surface area contributed by atoms with Crippen LogP contribution in [0, 0.1) is 0 Å². The average molecular weight is 326 g/mol. The monoisotopic (exact) mass is 326 g/mol. The van der Waals surface area contributed by atoms with E-state index in [4.69, 9.17) is 5.11 Å². The molecule has 3 N–H and O–H groups in total. The van der Waals surface area contributed by atoms with Crippen LogP contribution < -0.4 is 10.0 Å². The summed E-state index contributed by atoms with van der Waals surface area (Å²) in [5, 5.41) is 10.7. The summed E-state index contributed by atoms with van der Waals surface area (Å²) in [6.45, 7) is -0.396. The van der Waals surface area contributed by atoms with Gasteiger partial charge in [0.2, 0.25) is 10.0 Å². The second kappa shape index (κ2) is 6.31. The summed E-state index contributed by atoms with van der Waals surface area (Å²) >= 11 is 0. The van der Waals surface area contributed by atoms with E-state index in [9.17, 15) is 26.4 Å². The molecule has 1 unspecified atom stereocenters. The smallest absolute Gasteiger partial charge is 0.416 e. The van der Waals surface area contributed by atoms with Gasteiger partial charge in [0, 0.05) is 6.54 Å². The minimum atomic E-state index is -4.58. The Bertz CT molecular complexity index is 616. The predicted molar refractivity (Wildman–Crippen MR) is 68.2 cm³/mol. The summed E-state index contributed by atoms with van der Waals surface area (Å²) in [4.78, 5) is 10.7. The molecule has 0 fully saturated rings. The molecule has 0 radical (unpaired) electrons. The Morgan fingerprint density at radius 1 is 1.38 bits per heavy atom. The van der Waals surface area contributed by atoms with Crippen LogP contribution in [0.4, 0.5) is 18.0 Å². The molecule has 1 rings (SSSR count). The highest BCUT2D eigenvalue weighted by Gasteiger charge is 2.31. The Morgan fingerprint density at radius 3 is 2.48 bits per heavy atom. The van der Waals surface area contributed by atoms with Gasteiger partial charge in [-0.1, -0.05) is 12.1 Å². The highest BCUT2D eigenvalue weighted by atomic mass is 32.2. The molecule has 118 valence electrons. The van der Waals surface area contributed by atoms with Crippen LogP contribution in [0.3, 0.4) is 0 Å². The summed E-state index contributed by atoms with van der Waals surface area (Å²) in [6.07, 6.45) is -5.20. The maximum Gasteiger partial charge on any atom is 0.416 e. The van der Waals surface area contributed by atoms with Gasteiger partial charge in [-0.3, -0.25) is 0 Å². The molecule has 0 aliphatic rings. The fourth-order valence-corrected chi connectivity index (χ4v) is 2.04. The van der Waals surface area contributed by atoms with Crippen molar-refractivity contribution in [3.05, 3.63) is 35.4 Å². The number of hydrogen-bond donors (Lipinski definition) is 3. The molecule has 10 heteroatoms. The van der Waals surface area contributed by atoms with Crippen molar-refractivity contribution in [1.29, 1.82) is 0 Å². The molecule has 0 aromatic heterocycles. The zero-order chi connectivity index (χ0) is 16.3. The molecule has 0 heterocycles. The predicted octanol–water partition coefficient (Wildman–Crippen LogP) is 1.56. The van der Waals surface area contributed by atoms with Gasteiger partial charge < -0.3 is 10.4 Å². The lowest BCUT2D eigenvalue weighted by Crippen LogP contribution is -2.37. The molecular formula is C11H13F3N2O4S. The van der Waals surface area contributed by atoms with E-state index < -0.39 is 40.4 Å². The van der Waals surface area contributed by atoms with E-state index in [0.29, 0.717) is 0 Å². The first-order chi connectivity index (χ1) is 9.49. The first-order valence-electron chi connectivity index (χ1n) is 5.60. The van der Waals surface area contributed by atoms with Gasteiger partial charge in [-0.2, -0.15) is 13.2 Å². The summed E-state index contributed by atoms with van der Waals surface area (Å²) in [7, 11) is -3.61. The van der Waals surface area contributed by atoms with Gasteiger partial charge in [-0.25, -0.2) is 17.9 Å². The SMILES string of the molecule is CS(=O)(=O)NCC(NC(=O)O)c1cccc(C(F)(F)F)c1. The van der Waals surface area contributed by atoms with Crippen molar-refractivity contribution >= 4 is 16.1 Å². The highest BCUT2D eigenvalue weighted by molar-refractivity contribution is 7.88. The van der Waals surface area contributed by atoms with Crippen molar-refractivity contribution in [2.24, 2.45) is 0 Å². The van der Waals surface area contributed by atoms with Crippen molar-refractivity contribution < 1.29 is 31.5 Å². The Morgan fingerprint density at radius 2 is 2.00 bits per heavy atom. The summed E-state index contributed by atoms with van der Waals surface area (Å²) in [5.74, 6) is 0. The Labute approximate surface area is 119 Å². The van der Waals surface area contributed by atoms with Crippen LogP contribution in [-0.2, 0) is 16.2 Å². The second-order valence-electron chi connectivity index (χ2n) is 4.25. The van der Waals surface area contributed by atoms with E-state index in [0.717, 1.165) is 24.5 Å². The number of carboxylic acid groups (broad SMARTS) is 1. The van der Waals surface area contributed by atoms with Crippen molar-refractivity contribution in [1.82, 2.24) is 10.0 Å². The molecule has 0 spiro atoms. The molecule has 0 bridgehead atoms. The van der Waals surface area contributed by atoms with Gasteiger partial charge in [0.05, 0.1) is 17.9 Å². The van der Waals surface area contributed by atoms with Crippen LogP contribution in [-0.4, -0.2) is 32.4 Å². The maximum absolute atomic E-state index is 12.6. The first-order valence-corrected chi connectivity index (χ1v) is 7.49. The van der Waals surface area contributed by atoms with Crippen molar-refractivity contribution in [2.75, 3.05) is 12.8 Å². The molecule has 1 aromatic carbocycles. The molecule has 21 heavy (non-hydrogen) atoms. The fourth-order valence-electron chi connectivity index (χ4n) is 1.57. The van der Waals surface area contributed by atoms with Crippen molar-refractivity contribution in [3.63, 3.8) is 0 Å². The summed E-state index contributed by atoms with van der Waals surface area (Å²) < 4.78 is 61.9. The van der Waals surface area contributed by atoms with Crippen LogP contribution in [0.2, 0.25) is 0 Å².